The summed E-state index contributed by atoms with van der Waals surface area (Å²) < 4.78 is 26.6. The second kappa shape index (κ2) is 5.72. The van der Waals surface area contributed by atoms with Gasteiger partial charge in [0.05, 0.1) is 11.6 Å². The number of hydrogen-bond donors (Lipinski definition) is 0. The number of aryl methyl sites for hydroxylation is 1. The van der Waals surface area contributed by atoms with Gasteiger partial charge < -0.3 is 0 Å². The van der Waals surface area contributed by atoms with Crippen molar-refractivity contribution in [3.05, 3.63) is 65.0 Å². The minimum absolute atomic E-state index is 0.0210. The molecule has 0 spiro atoms. The Morgan fingerprint density at radius 1 is 1.29 bits per heavy atom. The quantitative estimate of drug-likeness (QED) is 0.863. The van der Waals surface area contributed by atoms with Crippen molar-refractivity contribution in [3.63, 3.8) is 0 Å². The third-order valence-electron chi connectivity index (χ3n) is 3.96. The molecule has 0 aliphatic heterocycles. The highest BCUT2D eigenvalue weighted by molar-refractivity contribution is 5.87. The van der Waals surface area contributed by atoms with Gasteiger partial charge in [-0.3, -0.25) is 9.78 Å². The summed E-state index contributed by atoms with van der Waals surface area (Å²) >= 11 is 0. The number of hydrogen-bond acceptors (Lipinski definition) is 2. The Bertz CT molecular complexity index is 684. The van der Waals surface area contributed by atoms with E-state index in [1.165, 1.54) is 12.1 Å². The standard InChI is InChI=1S/C17H15F2NO/c18-13-7-6-12(15(19)10-13)9-16(21)14-5-1-3-11-4-2-8-20-17(11)14/h2,4,6-8,10,14H,1,3,5,9H2. The van der Waals surface area contributed by atoms with Gasteiger partial charge in [-0.15, -0.1) is 0 Å². The summed E-state index contributed by atoms with van der Waals surface area (Å²) in [4.78, 5) is 16.8. The zero-order chi connectivity index (χ0) is 14.8. The molecule has 2 nitrogen and oxygen atoms in total. The lowest BCUT2D eigenvalue weighted by Crippen LogP contribution is -2.21. The number of ketones is 1. The number of carbonyl (C=O) groups excluding carboxylic acids is 1. The molecule has 3 rings (SSSR count). The Kier molecular flexibility index (Phi) is 3.78. The molecule has 2 aromatic rings. The first-order valence-corrected chi connectivity index (χ1v) is 7.05. The van der Waals surface area contributed by atoms with Crippen molar-refractivity contribution in [1.82, 2.24) is 4.98 Å². The summed E-state index contributed by atoms with van der Waals surface area (Å²) in [6, 6.07) is 7.19. The van der Waals surface area contributed by atoms with Crippen LogP contribution in [0.5, 0.6) is 0 Å². The fourth-order valence-corrected chi connectivity index (χ4v) is 2.90. The van der Waals surface area contributed by atoms with E-state index in [0.29, 0.717) is 0 Å². The minimum Gasteiger partial charge on any atom is -0.299 e. The van der Waals surface area contributed by atoms with E-state index in [1.54, 1.807) is 6.20 Å². The van der Waals surface area contributed by atoms with Crippen molar-refractivity contribution in [2.45, 2.75) is 31.6 Å². The topological polar surface area (TPSA) is 30.0 Å². The normalized spacial score (nSPS) is 17.3. The van der Waals surface area contributed by atoms with Gasteiger partial charge in [-0.25, -0.2) is 8.78 Å². The maximum Gasteiger partial charge on any atom is 0.146 e. The summed E-state index contributed by atoms with van der Waals surface area (Å²) in [7, 11) is 0. The van der Waals surface area contributed by atoms with Gasteiger partial charge in [0, 0.05) is 18.7 Å². The molecule has 0 fully saturated rings. The molecule has 0 saturated carbocycles. The molecule has 0 N–H and O–H groups in total. The molecule has 1 aromatic carbocycles. The molecule has 1 unspecified atom stereocenters. The molecular weight excluding hydrogens is 272 g/mol. The van der Waals surface area contributed by atoms with Crippen LogP contribution >= 0.6 is 0 Å². The van der Waals surface area contributed by atoms with Gasteiger partial charge in [-0.05, 0) is 42.5 Å². The van der Waals surface area contributed by atoms with Crippen LogP contribution in [0.25, 0.3) is 0 Å². The molecule has 4 heteroatoms. The number of nitrogens with zero attached hydrogens (tertiary/aromatic N) is 1. The average molecular weight is 287 g/mol. The largest absolute Gasteiger partial charge is 0.299 e. The van der Waals surface area contributed by atoms with E-state index < -0.39 is 11.6 Å². The van der Waals surface area contributed by atoms with Crippen LogP contribution in [0.4, 0.5) is 8.78 Å². The van der Waals surface area contributed by atoms with Crippen LogP contribution in [-0.4, -0.2) is 10.8 Å². The Balaban J connectivity index is 1.83. The van der Waals surface area contributed by atoms with Gasteiger partial charge in [-0.1, -0.05) is 12.1 Å². The van der Waals surface area contributed by atoms with Crippen molar-refractivity contribution >= 4 is 5.78 Å². The second-order valence-corrected chi connectivity index (χ2v) is 5.37. The molecular formula is C17H15F2NO. The van der Waals surface area contributed by atoms with Gasteiger partial charge >= 0.3 is 0 Å². The number of halogens is 2. The van der Waals surface area contributed by atoms with E-state index in [9.17, 15) is 13.6 Å². The van der Waals surface area contributed by atoms with Crippen molar-refractivity contribution in [2.24, 2.45) is 0 Å². The van der Waals surface area contributed by atoms with Crippen LogP contribution in [0.2, 0.25) is 0 Å². The maximum absolute atomic E-state index is 13.7. The van der Waals surface area contributed by atoms with Crippen LogP contribution in [0.15, 0.2) is 36.5 Å². The highest BCUT2D eigenvalue weighted by atomic mass is 19.1. The lowest BCUT2D eigenvalue weighted by molar-refractivity contribution is -0.120. The minimum atomic E-state index is -0.666. The van der Waals surface area contributed by atoms with Gasteiger partial charge in [0.2, 0.25) is 0 Å². The SMILES string of the molecule is O=C(Cc1ccc(F)cc1F)C1CCCc2cccnc21. The number of Topliss-reactive ketones (excluding diaryl/α,β-unsaturated/α-hetero) is 1. The highest BCUT2D eigenvalue weighted by Crippen LogP contribution is 2.31. The number of pyridine rings is 1. The number of fused-ring (bicyclic) bond motifs is 1. The summed E-state index contributed by atoms with van der Waals surface area (Å²) in [6.07, 6.45) is 4.26. The number of benzene rings is 1. The van der Waals surface area contributed by atoms with Crippen molar-refractivity contribution in [1.29, 1.82) is 0 Å². The first kappa shape index (κ1) is 13.9. The third kappa shape index (κ3) is 2.84. The van der Waals surface area contributed by atoms with Crippen molar-refractivity contribution in [2.75, 3.05) is 0 Å². The van der Waals surface area contributed by atoms with Crippen molar-refractivity contribution < 1.29 is 13.6 Å². The molecule has 108 valence electrons. The summed E-state index contributed by atoms with van der Waals surface area (Å²) in [5.74, 6) is -1.63. The molecule has 0 amide bonds. The lowest BCUT2D eigenvalue weighted by Gasteiger charge is -2.23. The molecule has 1 aromatic heterocycles. The fourth-order valence-electron chi connectivity index (χ4n) is 2.90. The van der Waals surface area contributed by atoms with Gasteiger partial charge in [0.15, 0.2) is 0 Å². The van der Waals surface area contributed by atoms with E-state index in [4.69, 9.17) is 0 Å². The average Bonchev–Trinajstić information content (AvgIpc) is 2.49. The Morgan fingerprint density at radius 2 is 2.14 bits per heavy atom. The van der Waals surface area contributed by atoms with E-state index in [1.807, 2.05) is 12.1 Å². The van der Waals surface area contributed by atoms with E-state index in [2.05, 4.69) is 4.98 Å². The van der Waals surface area contributed by atoms with Crippen LogP contribution in [-0.2, 0) is 17.6 Å². The lowest BCUT2D eigenvalue weighted by atomic mass is 9.82. The second-order valence-electron chi connectivity index (χ2n) is 5.37. The molecule has 0 bridgehead atoms. The summed E-state index contributed by atoms with van der Waals surface area (Å²) in [5.41, 5.74) is 2.16. The number of rotatable bonds is 3. The monoisotopic (exact) mass is 287 g/mol. The zero-order valence-electron chi connectivity index (χ0n) is 11.5. The summed E-state index contributed by atoms with van der Waals surface area (Å²) in [6.45, 7) is 0. The molecule has 0 radical (unpaired) electrons. The number of aromatic nitrogens is 1. The third-order valence-corrected chi connectivity index (χ3v) is 3.96. The first-order valence-electron chi connectivity index (χ1n) is 7.05. The fraction of sp³-hybridized carbons (Fsp3) is 0.294. The van der Waals surface area contributed by atoms with E-state index >= 15 is 0 Å². The van der Waals surface area contributed by atoms with Gasteiger partial charge in [0.1, 0.15) is 17.4 Å². The van der Waals surface area contributed by atoms with Crippen LogP contribution in [0.1, 0.15) is 35.6 Å². The molecule has 1 aliphatic carbocycles. The van der Waals surface area contributed by atoms with Crippen LogP contribution in [0.3, 0.4) is 0 Å². The Hall–Kier alpha value is -2.10. The van der Waals surface area contributed by atoms with Crippen LogP contribution < -0.4 is 0 Å². The van der Waals surface area contributed by atoms with E-state index in [0.717, 1.165) is 36.6 Å². The van der Waals surface area contributed by atoms with Gasteiger partial charge in [-0.2, -0.15) is 0 Å². The zero-order valence-corrected chi connectivity index (χ0v) is 11.5. The number of carbonyl (C=O) groups is 1. The van der Waals surface area contributed by atoms with Crippen molar-refractivity contribution in [3.8, 4) is 0 Å². The molecule has 0 saturated heterocycles. The summed E-state index contributed by atoms with van der Waals surface area (Å²) in [5, 5.41) is 0. The molecule has 1 heterocycles. The molecule has 21 heavy (non-hydrogen) atoms. The first-order chi connectivity index (χ1) is 10.1. The van der Waals surface area contributed by atoms with Crippen LogP contribution in [0, 0.1) is 11.6 Å². The van der Waals surface area contributed by atoms with E-state index in [-0.39, 0.29) is 23.7 Å². The Labute approximate surface area is 121 Å². The smallest absolute Gasteiger partial charge is 0.146 e. The maximum atomic E-state index is 13.7. The highest BCUT2D eigenvalue weighted by Gasteiger charge is 2.27. The molecule has 1 atom stereocenters. The molecule has 1 aliphatic rings. The predicted molar refractivity (Wildman–Crippen MR) is 75.0 cm³/mol. The van der Waals surface area contributed by atoms with Gasteiger partial charge in [0.25, 0.3) is 0 Å². The Morgan fingerprint density at radius 3 is 2.95 bits per heavy atom. The predicted octanol–water partition coefficient (Wildman–Crippen LogP) is 3.59.